The van der Waals surface area contributed by atoms with Gasteiger partial charge in [0.05, 0.1) is 23.2 Å². The fraction of sp³-hybridized carbons (Fsp3) is 0.148. The van der Waals surface area contributed by atoms with E-state index in [1.165, 1.54) is 0 Å². The van der Waals surface area contributed by atoms with Crippen LogP contribution in [0.15, 0.2) is 82.0 Å². The Morgan fingerprint density at radius 1 is 0.824 bits per heavy atom. The quantitative estimate of drug-likeness (QED) is 0.269. The maximum atomic E-state index is 13.0. The van der Waals surface area contributed by atoms with E-state index in [1.54, 1.807) is 66.1 Å². The second-order valence-corrected chi connectivity index (χ2v) is 7.74. The number of hydrogen-bond acceptors (Lipinski definition) is 6. The number of esters is 2. The first-order valence-electron chi connectivity index (χ1n) is 10.9. The highest BCUT2D eigenvalue weighted by Crippen LogP contribution is 2.27. The van der Waals surface area contributed by atoms with Crippen molar-refractivity contribution in [3.63, 3.8) is 0 Å². The van der Waals surface area contributed by atoms with Crippen molar-refractivity contribution in [1.29, 1.82) is 0 Å². The van der Waals surface area contributed by atoms with Gasteiger partial charge in [-0.1, -0.05) is 42.5 Å². The number of furan rings is 1. The van der Waals surface area contributed by atoms with Gasteiger partial charge in [0.15, 0.2) is 5.43 Å². The Balaban J connectivity index is 1.48. The third kappa shape index (κ3) is 3.71. The molecule has 170 valence electrons. The van der Waals surface area contributed by atoms with Crippen molar-refractivity contribution < 1.29 is 23.5 Å². The average Bonchev–Trinajstić information content (AvgIpc) is 3.24. The lowest BCUT2D eigenvalue weighted by atomic mass is 10.1. The van der Waals surface area contributed by atoms with Gasteiger partial charge in [0.1, 0.15) is 18.7 Å². The molecule has 7 nitrogen and oxygen atoms in total. The van der Waals surface area contributed by atoms with Gasteiger partial charge in [-0.25, -0.2) is 4.79 Å². The van der Waals surface area contributed by atoms with E-state index in [0.717, 1.165) is 0 Å². The third-order valence-corrected chi connectivity index (χ3v) is 5.70. The van der Waals surface area contributed by atoms with E-state index in [0.29, 0.717) is 38.3 Å². The molecular weight excluding hydrogens is 434 g/mol. The van der Waals surface area contributed by atoms with Crippen molar-refractivity contribution >= 4 is 44.7 Å². The predicted octanol–water partition coefficient (Wildman–Crippen LogP) is 4.82. The Bertz CT molecular complexity index is 1550. The number of rotatable bonds is 6. The van der Waals surface area contributed by atoms with Crippen molar-refractivity contribution in [2.24, 2.45) is 0 Å². The van der Waals surface area contributed by atoms with Crippen LogP contribution in [0.25, 0.3) is 32.8 Å². The van der Waals surface area contributed by atoms with Crippen molar-refractivity contribution in [2.45, 2.75) is 20.1 Å². The smallest absolute Gasteiger partial charge is 0.374 e. The summed E-state index contributed by atoms with van der Waals surface area (Å²) in [5.41, 5.74) is 2.17. The molecule has 0 spiro atoms. The summed E-state index contributed by atoms with van der Waals surface area (Å²) in [5.74, 6) is -1.10. The summed E-state index contributed by atoms with van der Waals surface area (Å²) in [5, 5.41) is 1.73. The van der Waals surface area contributed by atoms with Crippen LogP contribution in [0, 0.1) is 0 Å². The second kappa shape index (κ2) is 8.86. The lowest BCUT2D eigenvalue weighted by Crippen LogP contribution is -2.18. The highest BCUT2D eigenvalue weighted by molar-refractivity contribution is 5.96. The predicted molar refractivity (Wildman–Crippen MR) is 128 cm³/mol. The van der Waals surface area contributed by atoms with Crippen LogP contribution in [0.5, 0.6) is 0 Å². The molecule has 7 heteroatoms. The first-order valence-corrected chi connectivity index (χ1v) is 10.9. The molecular formula is C27H21NO6. The third-order valence-electron chi connectivity index (χ3n) is 5.70. The molecule has 0 amide bonds. The van der Waals surface area contributed by atoms with Crippen molar-refractivity contribution in [2.75, 3.05) is 6.61 Å². The van der Waals surface area contributed by atoms with E-state index in [4.69, 9.17) is 13.9 Å². The van der Waals surface area contributed by atoms with Crippen LogP contribution in [0.2, 0.25) is 0 Å². The molecule has 0 N–H and O–H groups in total. The summed E-state index contributed by atoms with van der Waals surface area (Å²) in [6.07, 6.45) is 0. The Hall–Kier alpha value is -4.39. The van der Waals surface area contributed by atoms with E-state index in [9.17, 15) is 14.4 Å². The highest BCUT2D eigenvalue weighted by Gasteiger charge is 2.23. The number of ether oxygens (including phenoxy) is 2. The van der Waals surface area contributed by atoms with Gasteiger partial charge in [0.2, 0.25) is 5.76 Å². The SMILES string of the molecule is CCOC(=O)c1oc2ccccc2c1COC(=O)Cn1c2ccccc2c(=O)c2ccccc21. The number of fused-ring (bicyclic) bond motifs is 3. The largest absolute Gasteiger partial charge is 0.460 e. The molecule has 3 aromatic carbocycles. The average molecular weight is 455 g/mol. The topological polar surface area (TPSA) is 87.7 Å². The highest BCUT2D eigenvalue weighted by atomic mass is 16.5. The van der Waals surface area contributed by atoms with Gasteiger partial charge in [-0.2, -0.15) is 0 Å². The minimum atomic E-state index is -0.609. The zero-order valence-corrected chi connectivity index (χ0v) is 18.4. The molecule has 2 heterocycles. The number of para-hydroxylation sites is 3. The number of nitrogens with zero attached hydrogens (tertiary/aromatic N) is 1. The summed E-state index contributed by atoms with van der Waals surface area (Å²) in [6, 6.07) is 21.5. The molecule has 5 rings (SSSR count). The molecule has 0 unspecified atom stereocenters. The Morgan fingerprint density at radius 2 is 1.41 bits per heavy atom. The summed E-state index contributed by atoms with van der Waals surface area (Å²) < 4.78 is 18.1. The van der Waals surface area contributed by atoms with Gasteiger partial charge in [0, 0.05) is 16.2 Å². The maximum Gasteiger partial charge on any atom is 0.374 e. The minimum absolute atomic E-state index is 0.0233. The van der Waals surface area contributed by atoms with E-state index >= 15 is 0 Å². The Morgan fingerprint density at radius 3 is 2.06 bits per heavy atom. The van der Waals surface area contributed by atoms with Crippen LogP contribution in [0.1, 0.15) is 23.0 Å². The molecule has 0 bridgehead atoms. The van der Waals surface area contributed by atoms with Gasteiger partial charge in [-0.15, -0.1) is 0 Å². The van der Waals surface area contributed by atoms with Crippen molar-refractivity contribution in [3.05, 3.63) is 94.3 Å². The van der Waals surface area contributed by atoms with Gasteiger partial charge >= 0.3 is 11.9 Å². The van der Waals surface area contributed by atoms with Gasteiger partial charge in [-0.3, -0.25) is 9.59 Å². The summed E-state index contributed by atoms with van der Waals surface area (Å²) in [6.45, 7) is 1.65. The first-order chi connectivity index (χ1) is 16.6. The number of benzene rings is 3. The zero-order valence-electron chi connectivity index (χ0n) is 18.4. The molecule has 0 saturated heterocycles. The standard InChI is InChI=1S/C27H21NO6/c1-2-32-27(31)26-20(17-9-5-8-14-23(17)34-26)16-33-24(29)15-28-21-12-6-3-10-18(21)25(30)19-11-4-7-13-22(19)28/h3-14H,2,15-16H2,1H3. The molecule has 0 saturated carbocycles. The molecule has 0 atom stereocenters. The van der Waals surface area contributed by atoms with Crippen LogP contribution >= 0.6 is 0 Å². The number of hydrogen-bond donors (Lipinski definition) is 0. The minimum Gasteiger partial charge on any atom is -0.460 e. The van der Waals surface area contributed by atoms with Gasteiger partial charge in [-0.05, 0) is 37.3 Å². The van der Waals surface area contributed by atoms with E-state index in [1.807, 2.05) is 18.2 Å². The monoisotopic (exact) mass is 455 g/mol. The maximum absolute atomic E-state index is 13.0. The van der Waals surface area contributed by atoms with Crippen LogP contribution in [0.3, 0.4) is 0 Å². The van der Waals surface area contributed by atoms with Crippen LogP contribution in [0.4, 0.5) is 0 Å². The van der Waals surface area contributed by atoms with E-state index < -0.39 is 11.9 Å². The van der Waals surface area contributed by atoms with Crippen LogP contribution in [-0.4, -0.2) is 23.1 Å². The lowest BCUT2D eigenvalue weighted by molar-refractivity contribution is -0.145. The Labute approximate surface area is 194 Å². The number of pyridine rings is 1. The normalized spacial score (nSPS) is 11.2. The number of carbonyl (C=O) groups is 2. The molecule has 0 aliphatic carbocycles. The fourth-order valence-electron chi connectivity index (χ4n) is 4.18. The molecule has 0 radical (unpaired) electrons. The number of carbonyl (C=O) groups excluding carboxylic acids is 2. The van der Waals surface area contributed by atoms with Gasteiger partial charge in [0.25, 0.3) is 0 Å². The van der Waals surface area contributed by atoms with Crippen LogP contribution in [-0.2, 0) is 27.4 Å². The number of aromatic nitrogens is 1. The molecule has 2 aromatic heterocycles. The van der Waals surface area contributed by atoms with Crippen molar-refractivity contribution in [3.8, 4) is 0 Å². The summed E-state index contributed by atoms with van der Waals surface area (Å²) in [4.78, 5) is 38.3. The first kappa shape index (κ1) is 21.5. The van der Waals surface area contributed by atoms with Crippen LogP contribution < -0.4 is 5.43 Å². The molecule has 34 heavy (non-hydrogen) atoms. The molecule has 0 aliphatic rings. The zero-order chi connectivity index (χ0) is 23.7. The van der Waals surface area contributed by atoms with Gasteiger partial charge < -0.3 is 18.5 Å². The molecule has 5 aromatic rings. The van der Waals surface area contributed by atoms with E-state index in [-0.39, 0.29) is 30.9 Å². The molecule has 0 fully saturated rings. The summed E-state index contributed by atoms with van der Waals surface area (Å²) in [7, 11) is 0. The van der Waals surface area contributed by atoms with E-state index in [2.05, 4.69) is 0 Å². The lowest BCUT2D eigenvalue weighted by Gasteiger charge is -2.14. The molecule has 0 aliphatic heterocycles. The summed E-state index contributed by atoms with van der Waals surface area (Å²) >= 11 is 0. The Kier molecular flexibility index (Phi) is 5.59. The fourth-order valence-corrected chi connectivity index (χ4v) is 4.18. The second-order valence-electron chi connectivity index (χ2n) is 7.74. The van der Waals surface area contributed by atoms with Crippen molar-refractivity contribution in [1.82, 2.24) is 4.57 Å².